The van der Waals surface area contributed by atoms with Crippen LogP contribution >= 0.6 is 0 Å². The minimum Gasteiger partial charge on any atom is -0.545 e. The Labute approximate surface area is 200 Å². The molecule has 0 aliphatic rings. The molecule has 0 atom stereocenters. The summed E-state index contributed by atoms with van der Waals surface area (Å²) in [7, 11) is 0. The first-order chi connectivity index (χ1) is 14.1. The number of hydrogen-bond donors (Lipinski definition) is 0. The second-order valence-corrected chi connectivity index (χ2v) is 6.46. The van der Waals surface area contributed by atoms with Gasteiger partial charge in [0.2, 0.25) is 0 Å². The number of benzene rings is 3. The van der Waals surface area contributed by atoms with Crippen molar-refractivity contribution < 1.29 is 29.7 Å². The Morgan fingerprint density at radius 2 is 0.613 bits per heavy atom. The number of rotatable bonds is 3. The molecule has 0 bridgehead atoms. The molecule has 3 aromatic rings. The standard InChI is InChI=1S/3C8H8O2.In/c3*1-6-2-4-7(5-3-6)8(9)10;/h3*2-5H,1H3,(H,9,10);/q;;;+3/p-3. The van der Waals surface area contributed by atoms with Gasteiger partial charge in [-0.3, -0.25) is 0 Å². The van der Waals surface area contributed by atoms with E-state index in [1.54, 1.807) is 36.4 Å². The van der Waals surface area contributed by atoms with Crippen molar-refractivity contribution in [1.82, 2.24) is 0 Å². The van der Waals surface area contributed by atoms with Gasteiger partial charge in [0.15, 0.2) is 0 Å². The molecule has 0 saturated heterocycles. The summed E-state index contributed by atoms with van der Waals surface area (Å²) >= 11 is 0. The monoisotopic (exact) mass is 520 g/mol. The van der Waals surface area contributed by atoms with E-state index in [-0.39, 0.29) is 42.5 Å². The zero-order valence-electron chi connectivity index (χ0n) is 17.5. The predicted molar refractivity (Wildman–Crippen MR) is 112 cm³/mol. The maximum Gasteiger partial charge on any atom is 3.00 e. The van der Waals surface area contributed by atoms with Crippen molar-refractivity contribution in [1.29, 1.82) is 0 Å². The third-order valence-electron chi connectivity index (χ3n) is 3.86. The minimum atomic E-state index is -1.12. The van der Waals surface area contributed by atoms with Crippen LogP contribution in [0.3, 0.4) is 0 Å². The summed E-state index contributed by atoms with van der Waals surface area (Å²) in [6.07, 6.45) is 0. The fraction of sp³-hybridized carbons (Fsp3) is 0.125. The molecule has 7 heteroatoms. The van der Waals surface area contributed by atoms with Crippen LogP contribution in [0.25, 0.3) is 0 Å². The minimum absolute atomic E-state index is 0. The van der Waals surface area contributed by atoms with Gasteiger partial charge in [-0.25, -0.2) is 0 Å². The van der Waals surface area contributed by atoms with Crippen LogP contribution in [0.4, 0.5) is 0 Å². The van der Waals surface area contributed by atoms with E-state index in [4.69, 9.17) is 0 Å². The second-order valence-electron chi connectivity index (χ2n) is 6.46. The van der Waals surface area contributed by atoms with Crippen molar-refractivity contribution in [2.75, 3.05) is 0 Å². The SMILES string of the molecule is Cc1ccc(C(=O)[O-])cc1.Cc1ccc(C(=O)[O-])cc1.Cc1ccc(C(=O)[O-])cc1.[In+3]. The van der Waals surface area contributed by atoms with E-state index in [0.29, 0.717) is 0 Å². The topological polar surface area (TPSA) is 120 Å². The van der Waals surface area contributed by atoms with E-state index in [0.717, 1.165) is 16.7 Å². The Morgan fingerprint density at radius 3 is 0.742 bits per heavy atom. The Kier molecular flexibility index (Phi) is 12.6. The van der Waals surface area contributed by atoms with Gasteiger partial charge in [-0.2, -0.15) is 0 Å². The molecule has 0 saturated carbocycles. The summed E-state index contributed by atoms with van der Waals surface area (Å²) in [5.41, 5.74) is 3.82. The number of aromatic carboxylic acids is 3. The molecule has 0 spiro atoms. The number of aryl methyl sites for hydroxylation is 3. The van der Waals surface area contributed by atoms with E-state index in [1.165, 1.54) is 36.4 Å². The molecule has 0 aliphatic carbocycles. The van der Waals surface area contributed by atoms with Gasteiger partial charge >= 0.3 is 25.8 Å². The van der Waals surface area contributed by atoms with Crippen LogP contribution in [0.5, 0.6) is 0 Å². The molecule has 0 aromatic heterocycles. The third-order valence-corrected chi connectivity index (χ3v) is 3.86. The van der Waals surface area contributed by atoms with Gasteiger partial charge in [0.25, 0.3) is 0 Å². The first kappa shape index (κ1) is 27.9. The predicted octanol–water partition coefficient (Wildman–Crippen LogP) is 0.695. The molecular weight excluding hydrogens is 499 g/mol. The average molecular weight is 520 g/mol. The van der Waals surface area contributed by atoms with E-state index in [9.17, 15) is 29.7 Å². The van der Waals surface area contributed by atoms with Crippen LogP contribution in [0.1, 0.15) is 47.8 Å². The first-order valence-corrected chi connectivity index (χ1v) is 8.94. The fourth-order valence-electron chi connectivity index (χ4n) is 2.07. The van der Waals surface area contributed by atoms with Gasteiger partial charge < -0.3 is 29.7 Å². The van der Waals surface area contributed by atoms with Crippen LogP contribution in [0.15, 0.2) is 72.8 Å². The molecule has 0 aliphatic heterocycles. The normalized spacial score (nSPS) is 9.00. The average Bonchev–Trinajstić information content (AvgIpc) is 2.70. The quantitative estimate of drug-likeness (QED) is 0.502. The number of carboxylic acids is 3. The van der Waals surface area contributed by atoms with Crippen LogP contribution < -0.4 is 15.3 Å². The zero-order chi connectivity index (χ0) is 22.7. The molecule has 3 rings (SSSR count). The number of carbonyl (C=O) groups is 3. The van der Waals surface area contributed by atoms with Crippen molar-refractivity contribution in [3.05, 3.63) is 106 Å². The first-order valence-electron chi connectivity index (χ1n) is 8.94. The van der Waals surface area contributed by atoms with Gasteiger partial charge in [0.05, 0.1) is 17.9 Å². The molecule has 3 aromatic carbocycles. The summed E-state index contributed by atoms with van der Waals surface area (Å²) in [6.45, 7) is 5.71. The van der Waals surface area contributed by atoms with Crippen LogP contribution in [-0.2, 0) is 0 Å². The van der Waals surface area contributed by atoms with Crippen molar-refractivity contribution in [3.63, 3.8) is 0 Å². The summed E-state index contributed by atoms with van der Waals surface area (Å²) < 4.78 is 0. The van der Waals surface area contributed by atoms with E-state index in [1.807, 2.05) is 20.8 Å². The summed E-state index contributed by atoms with van der Waals surface area (Å²) in [5.74, 6) is -3.37. The van der Waals surface area contributed by atoms with Crippen molar-refractivity contribution >= 4 is 43.8 Å². The van der Waals surface area contributed by atoms with Crippen LogP contribution in [0.2, 0.25) is 0 Å². The zero-order valence-corrected chi connectivity index (χ0v) is 20.8. The van der Waals surface area contributed by atoms with Crippen molar-refractivity contribution in [2.24, 2.45) is 0 Å². The maximum atomic E-state index is 10.2. The Bertz CT molecular complexity index is 846. The largest absolute Gasteiger partial charge is 3.00 e. The Balaban J connectivity index is 0.000000429. The number of hydrogen-bond acceptors (Lipinski definition) is 6. The molecule has 31 heavy (non-hydrogen) atoms. The summed E-state index contributed by atoms with van der Waals surface area (Å²) in [4.78, 5) is 30.6. The number of carbonyl (C=O) groups excluding carboxylic acids is 3. The van der Waals surface area contributed by atoms with E-state index >= 15 is 0 Å². The number of carboxylic acid groups (broad SMARTS) is 3. The molecular formula is C24H21InO6. The molecule has 0 amide bonds. The maximum absolute atomic E-state index is 10.2. The van der Waals surface area contributed by atoms with Gasteiger partial charge in [-0.1, -0.05) is 89.5 Å². The van der Waals surface area contributed by atoms with Crippen molar-refractivity contribution in [2.45, 2.75) is 20.8 Å². The molecule has 0 unspecified atom stereocenters. The van der Waals surface area contributed by atoms with Gasteiger partial charge in [-0.05, 0) is 37.5 Å². The molecule has 0 heterocycles. The second kappa shape index (κ2) is 14.0. The molecule has 0 radical (unpaired) electrons. The fourth-order valence-corrected chi connectivity index (χ4v) is 2.07. The molecule has 6 nitrogen and oxygen atoms in total. The third kappa shape index (κ3) is 11.1. The van der Waals surface area contributed by atoms with Crippen molar-refractivity contribution in [3.8, 4) is 0 Å². The van der Waals surface area contributed by atoms with Gasteiger partial charge in [0.1, 0.15) is 0 Å². The summed E-state index contributed by atoms with van der Waals surface area (Å²) in [5, 5.41) is 30.6. The van der Waals surface area contributed by atoms with E-state index < -0.39 is 17.9 Å². The molecule has 156 valence electrons. The molecule has 0 fully saturated rings. The van der Waals surface area contributed by atoms with E-state index in [2.05, 4.69) is 0 Å². The van der Waals surface area contributed by atoms with Crippen LogP contribution in [0, 0.1) is 20.8 Å². The van der Waals surface area contributed by atoms with Crippen LogP contribution in [-0.4, -0.2) is 43.8 Å². The Hall–Kier alpha value is -3.06. The smallest absolute Gasteiger partial charge is 0.545 e. The van der Waals surface area contributed by atoms with Gasteiger partial charge in [-0.15, -0.1) is 0 Å². The Morgan fingerprint density at radius 1 is 0.452 bits per heavy atom. The van der Waals surface area contributed by atoms with Gasteiger partial charge in [0, 0.05) is 0 Å². The molecule has 0 N–H and O–H groups in total. The summed E-state index contributed by atoms with van der Waals surface area (Å²) in [6, 6.07) is 19.6.